The van der Waals surface area contributed by atoms with Crippen molar-refractivity contribution in [2.24, 2.45) is 5.41 Å². The van der Waals surface area contributed by atoms with Crippen LogP contribution in [-0.2, 0) is 0 Å². The molecule has 0 aromatic heterocycles. The van der Waals surface area contributed by atoms with Gasteiger partial charge >= 0.3 is 0 Å². The summed E-state index contributed by atoms with van der Waals surface area (Å²) in [5.74, 6) is 0.773. The zero-order valence-corrected chi connectivity index (χ0v) is 10.7. The number of nitriles is 1. The monoisotopic (exact) mass is 250 g/mol. The lowest BCUT2D eigenvalue weighted by Gasteiger charge is -2.23. The Morgan fingerprint density at radius 2 is 2.24 bits per heavy atom. The van der Waals surface area contributed by atoms with E-state index in [4.69, 9.17) is 16.3 Å². The summed E-state index contributed by atoms with van der Waals surface area (Å²) in [4.78, 5) is 0. The van der Waals surface area contributed by atoms with Gasteiger partial charge in [-0.25, -0.2) is 0 Å². The van der Waals surface area contributed by atoms with E-state index in [2.05, 4.69) is 11.4 Å². The molecule has 0 heterocycles. The Morgan fingerprint density at radius 3 is 2.71 bits per heavy atom. The van der Waals surface area contributed by atoms with Crippen LogP contribution >= 0.6 is 11.6 Å². The SMILES string of the molecule is CNC(c1cc(Cl)ccc1OC)C1(C#N)CC1. The zero-order valence-electron chi connectivity index (χ0n) is 9.96. The lowest BCUT2D eigenvalue weighted by atomic mass is 9.91. The number of halogens is 1. The first-order valence-electron chi connectivity index (χ1n) is 5.59. The topological polar surface area (TPSA) is 45.0 Å². The van der Waals surface area contributed by atoms with Crippen molar-refractivity contribution in [2.75, 3.05) is 14.2 Å². The van der Waals surface area contributed by atoms with E-state index >= 15 is 0 Å². The predicted molar refractivity (Wildman–Crippen MR) is 67.1 cm³/mol. The van der Waals surface area contributed by atoms with Crippen LogP contribution in [0.3, 0.4) is 0 Å². The van der Waals surface area contributed by atoms with E-state index in [9.17, 15) is 5.26 Å². The first-order valence-corrected chi connectivity index (χ1v) is 5.96. The summed E-state index contributed by atoms with van der Waals surface area (Å²) in [6.07, 6.45) is 1.84. The number of rotatable bonds is 4. The van der Waals surface area contributed by atoms with Crippen molar-refractivity contribution >= 4 is 11.6 Å². The van der Waals surface area contributed by atoms with Crippen molar-refractivity contribution in [3.05, 3.63) is 28.8 Å². The lowest BCUT2D eigenvalue weighted by molar-refractivity contribution is 0.381. The van der Waals surface area contributed by atoms with Crippen molar-refractivity contribution in [1.82, 2.24) is 5.32 Å². The van der Waals surface area contributed by atoms with Gasteiger partial charge in [-0.3, -0.25) is 0 Å². The van der Waals surface area contributed by atoms with Crippen LogP contribution in [0.4, 0.5) is 0 Å². The number of hydrogen-bond acceptors (Lipinski definition) is 3. The molecule has 1 saturated carbocycles. The molecule has 0 spiro atoms. The van der Waals surface area contributed by atoms with Crippen LogP contribution in [0.5, 0.6) is 5.75 Å². The first-order chi connectivity index (χ1) is 8.16. The van der Waals surface area contributed by atoms with E-state index in [1.165, 1.54) is 0 Å². The molecule has 1 aromatic carbocycles. The molecule has 1 aromatic rings. The molecule has 1 aliphatic carbocycles. The highest BCUT2D eigenvalue weighted by atomic mass is 35.5. The second-order valence-electron chi connectivity index (χ2n) is 4.38. The summed E-state index contributed by atoms with van der Waals surface area (Å²) in [6, 6.07) is 7.90. The fraction of sp³-hybridized carbons (Fsp3) is 0.462. The standard InChI is InChI=1S/C13H15ClN2O/c1-16-12(13(8-15)5-6-13)10-7-9(14)3-4-11(10)17-2/h3-4,7,12,16H,5-6H2,1-2H3. The number of benzene rings is 1. The van der Waals surface area contributed by atoms with Crippen LogP contribution in [-0.4, -0.2) is 14.2 Å². The molecule has 2 rings (SSSR count). The Morgan fingerprint density at radius 1 is 1.53 bits per heavy atom. The normalized spacial score (nSPS) is 18.2. The van der Waals surface area contributed by atoms with Gasteiger partial charge in [0.05, 0.1) is 24.6 Å². The maximum Gasteiger partial charge on any atom is 0.123 e. The summed E-state index contributed by atoms with van der Waals surface area (Å²) < 4.78 is 5.34. The van der Waals surface area contributed by atoms with Gasteiger partial charge in [0, 0.05) is 10.6 Å². The molecule has 1 atom stereocenters. The minimum atomic E-state index is -0.299. The Bertz CT molecular complexity index is 463. The van der Waals surface area contributed by atoms with E-state index < -0.39 is 0 Å². The minimum absolute atomic E-state index is 0.0267. The highest BCUT2D eigenvalue weighted by molar-refractivity contribution is 6.30. The molecule has 0 saturated heterocycles. The van der Waals surface area contributed by atoms with E-state index in [0.29, 0.717) is 5.02 Å². The molecule has 0 bridgehead atoms. The van der Waals surface area contributed by atoms with Gasteiger partial charge in [0.15, 0.2) is 0 Å². The van der Waals surface area contributed by atoms with Gasteiger partial charge in [0.1, 0.15) is 5.75 Å². The van der Waals surface area contributed by atoms with Gasteiger partial charge in [-0.2, -0.15) is 5.26 Å². The Balaban J connectivity index is 2.44. The van der Waals surface area contributed by atoms with Gasteiger partial charge in [0.25, 0.3) is 0 Å². The zero-order chi connectivity index (χ0) is 12.5. The number of nitrogens with zero attached hydrogens (tertiary/aromatic N) is 1. The number of methoxy groups -OCH3 is 1. The fourth-order valence-electron chi connectivity index (χ4n) is 2.26. The molecule has 1 N–H and O–H groups in total. The van der Waals surface area contributed by atoms with Gasteiger partial charge in [-0.1, -0.05) is 11.6 Å². The molecule has 4 heteroatoms. The van der Waals surface area contributed by atoms with E-state index in [1.807, 2.05) is 19.2 Å². The van der Waals surface area contributed by atoms with Gasteiger partial charge in [-0.05, 0) is 38.1 Å². The predicted octanol–water partition coefficient (Wildman–Crippen LogP) is 2.91. The third-order valence-electron chi connectivity index (χ3n) is 3.36. The summed E-state index contributed by atoms with van der Waals surface area (Å²) >= 11 is 6.02. The molecule has 17 heavy (non-hydrogen) atoms. The molecule has 90 valence electrons. The molecule has 0 amide bonds. The molecule has 1 unspecified atom stereocenters. The first kappa shape index (κ1) is 12.2. The summed E-state index contributed by atoms with van der Waals surface area (Å²) in [7, 11) is 3.49. The molecule has 1 fully saturated rings. The van der Waals surface area contributed by atoms with Crippen LogP contribution in [0.1, 0.15) is 24.4 Å². The second kappa shape index (κ2) is 4.56. The van der Waals surface area contributed by atoms with Crippen molar-refractivity contribution in [1.29, 1.82) is 5.26 Å². The Kier molecular flexibility index (Phi) is 3.28. The fourth-order valence-corrected chi connectivity index (χ4v) is 2.44. The van der Waals surface area contributed by atoms with Crippen LogP contribution in [0.25, 0.3) is 0 Å². The smallest absolute Gasteiger partial charge is 0.123 e. The lowest BCUT2D eigenvalue weighted by Crippen LogP contribution is -2.26. The number of ether oxygens (including phenoxy) is 1. The largest absolute Gasteiger partial charge is 0.496 e. The Hall–Kier alpha value is -1.24. The van der Waals surface area contributed by atoms with Gasteiger partial charge in [0.2, 0.25) is 0 Å². The molecule has 0 radical (unpaired) electrons. The third kappa shape index (κ3) is 2.11. The van der Waals surface area contributed by atoms with E-state index in [0.717, 1.165) is 24.2 Å². The molecule has 3 nitrogen and oxygen atoms in total. The number of nitrogens with one attached hydrogen (secondary N) is 1. The summed E-state index contributed by atoms with van der Waals surface area (Å²) in [5.41, 5.74) is 0.661. The van der Waals surface area contributed by atoms with Crippen LogP contribution < -0.4 is 10.1 Å². The van der Waals surface area contributed by atoms with Crippen molar-refractivity contribution < 1.29 is 4.74 Å². The summed E-state index contributed by atoms with van der Waals surface area (Å²) in [5, 5.41) is 13.2. The van der Waals surface area contributed by atoms with Crippen LogP contribution in [0.2, 0.25) is 5.02 Å². The van der Waals surface area contributed by atoms with E-state index in [1.54, 1.807) is 13.2 Å². The molecular formula is C13H15ClN2O. The van der Waals surface area contributed by atoms with Gasteiger partial charge < -0.3 is 10.1 Å². The number of hydrogen-bond donors (Lipinski definition) is 1. The van der Waals surface area contributed by atoms with Crippen molar-refractivity contribution in [3.63, 3.8) is 0 Å². The molecule has 0 aliphatic heterocycles. The third-order valence-corrected chi connectivity index (χ3v) is 3.59. The van der Waals surface area contributed by atoms with Crippen LogP contribution in [0, 0.1) is 16.7 Å². The van der Waals surface area contributed by atoms with Crippen molar-refractivity contribution in [3.8, 4) is 11.8 Å². The van der Waals surface area contributed by atoms with E-state index in [-0.39, 0.29) is 11.5 Å². The Labute approximate surface area is 106 Å². The maximum atomic E-state index is 9.29. The van der Waals surface area contributed by atoms with Gasteiger partial charge in [-0.15, -0.1) is 0 Å². The second-order valence-corrected chi connectivity index (χ2v) is 4.81. The minimum Gasteiger partial charge on any atom is -0.496 e. The maximum absolute atomic E-state index is 9.29. The van der Waals surface area contributed by atoms with Crippen LogP contribution in [0.15, 0.2) is 18.2 Å². The molecule has 1 aliphatic rings. The summed E-state index contributed by atoms with van der Waals surface area (Å²) in [6.45, 7) is 0. The molecular weight excluding hydrogens is 236 g/mol. The highest BCUT2D eigenvalue weighted by Gasteiger charge is 2.51. The highest BCUT2D eigenvalue weighted by Crippen LogP contribution is 2.55. The average Bonchev–Trinajstić information content (AvgIpc) is 3.11. The van der Waals surface area contributed by atoms with Crippen molar-refractivity contribution in [2.45, 2.75) is 18.9 Å². The quantitative estimate of drug-likeness (QED) is 0.894. The average molecular weight is 251 g/mol.